The van der Waals surface area contributed by atoms with Crippen LogP contribution < -0.4 is 5.32 Å². The molecule has 2 aromatic carbocycles. The Balaban J connectivity index is 2.13. The Morgan fingerprint density at radius 1 is 1.00 bits per heavy atom. The third-order valence-corrected chi connectivity index (χ3v) is 2.86. The largest absolute Gasteiger partial charge is 0.381 e. The van der Waals surface area contributed by atoms with Crippen LogP contribution in [0.3, 0.4) is 0 Å². The molecule has 0 aliphatic heterocycles. The first-order valence-corrected chi connectivity index (χ1v) is 5.81. The van der Waals surface area contributed by atoms with Gasteiger partial charge in [0.05, 0.1) is 0 Å². The first kappa shape index (κ1) is 12.6. The van der Waals surface area contributed by atoms with Crippen LogP contribution in [-0.4, -0.2) is 0 Å². The van der Waals surface area contributed by atoms with Crippen molar-refractivity contribution in [1.82, 2.24) is 0 Å². The maximum atomic E-state index is 13.4. The van der Waals surface area contributed by atoms with Crippen LogP contribution in [-0.2, 0) is 6.54 Å². The molecule has 94 valence electrons. The van der Waals surface area contributed by atoms with Crippen LogP contribution in [0.5, 0.6) is 0 Å². The lowest BCUT2D eigenvalue weighted by atomic mass is 10.1. The minimum Gasteiger partial charge on any atom is -0.381 e. The minimum absolute atomic E-state index is 0.271. The van der Waals surface area contributed by atoms with Gasteiger partial charge in [0.2, 0.25) is 0 Å². The van der Waals surface area contributed by atoms with Crippen molar-refractivity contribution < 1.29 is 8.78 Å². The van der Waals surface area contributed by atoms with Crippen LogP contribution in [0, 0.1) is 25.5 Å². The number of hydrogen-bond donors (Lipinski definition) is 1. The van der Waals surface area contributed by atoms with Crippen molar-refractivity contribution in [3.63, 3.8) is 0 Å². The van der Waals surface area contributed by atoms with E-state index in [0.29, 0.717) is 5.56 Å². The van der Waals surface area contributed by atoms with Crippen molar-refractivity contribution in [2.45, 2.75) is 20.4 Å². The summed E-state index contributed by atoms with van der Waals surface area (Å²) in [6, 6.07) is 9.46. The molecule has 0 aromatic heterocycles. The number of halogens is 2. The second-order valence-electron chi connectivity index (χ2n) is 4.41. The van der Waals surface area contributed by atoms with E-state index in [-0.39, 0.29) is 6.54 Å². The van der Waals surface area contributed by atoms with Gasteiger partial charge in [0, 0.05) is 17.8 Å². The van der Waals surface area contributed by atoms with Crippen LogP contribution in [0.2, 0.25) is 0 Å². The lowest BCUT2D eigenvalue weighted by Gasteiger charge is -2.11. The van der Waals surface area contributed by atoms with Gasteiger partial charge < -0.3 is 5.32 Å². The van der Waals surface area contributed by atoms with Gasteiger partial charge in [-0.05, 0) is 43.7 Å². The second-order valence-corrected chi connectivity index (χ2v) is 4.41. The van der Waals surface area contributed by atoms with Crippen LogP contribution in [0.15, 0.2) is 36.4 Å². The van der Waals surface area contributed by atoms with E-state index >= 15 is 0 Å². The summed E-state index contributed by atoms with van der Waals surface area (Å²) >= 11 is 0. The van der Waals surface area contributed by atoms with Crippen LogP contribution >= 0.6 is 0 Å². The predicted molar refractivity (Wildman–Crippen MR) is 69.6 cm³/mol. The Labute approximate surface area is 105 Å². The summed E-state index contributed by atoms with van der Waals surface area (Å²) in [7, 11) is 0. The summed E-state index contributed by atoms with van der Waals surface area (Å²) in [5.74, 6) is -0.817. The average molecular weight is 247 g/mol. The van der Waals surface area contributed by atoms with Crippen molar-refractivity contribution in [2.24, 2.45) is 0 Å². The van der Waals surface area contributed by atoms with Crippen molar-refractivity contribution in [3.8, 4) is 0 Å². The van der Waals surface area contributed by atoms with E-state index in [9.17, 15) is 8.78 Å². The summed E-state index contributed by atoms with van der Waals surface area (Å²) in [6.07, 6.45) is 0. The molecule has 1 N–H and O–H groups in total. The molecule has 0 radical (unpaired) electrons. The molecule has 18 heavy (non-hydrogen) atoms. The molecule has 0 amide bonds. The Kier molecular flexibility index (Phi) is 3.60. The van der Waals surface area contributed by atoms with E-state index in [4.69, 9.17) is 0 Å². The molecular weight excluding hydrogens is 232 g/mol. The van der Waals surface area contributed by atoms with Gasteiger partial charge in [0.15, 0.2) is 0 Å². The highest BCUT2D eigenvalue weighted by Crippen LogP contribution is 2.18. The van der Waals surface area contributed by atoms with Gasteiger partial charge in [-0.1, -0.05) is 17.7 Å². The van der Waals surface area contributed by atoms with E-state index in [1.165, 1.54) is 11.6 Å². The zero-order valence-electron chi connectivity index (χ0n) is 10.4. The second kappa shape index (κ2) is 5.17. The maximum absolute atomic E-state index is 13.4. The predicted octanol–water partition coefficient (Wildman–Crippen LogP) is 4.19. The standard InChI is InChI=1S/C15H15F2N/c1-10-3-6-15(11(2)7-10)18-9-12-8-13(16)4-5-14(12)17/h3-8,18H,9H2,1-2H3. The van der Waals surface area contributed by atoms with Gasteiger partial charge in [0.25, 0.3) is 0 Å². The molecule has 2 aromatic rings. The molecule has 0 atom stereocenters. The number of rotatable bonds is 3. The normalized spacial score (nSPS) is 10.4. The smallest absolute Gasteiger partial charge is 0.128 e. The molecule has 0 saturated heterocycles. The van der Waals surface area contributed by atoms with E-state index in [1.54, 1.807) is 0 Å². The lowest BCUT2D eigenvalue weighted by Crippen LogP contribution is -2.03. The van der Waals surface area contributed by atoms with Crippen LogP contribution in [0.25, 0.3) is 0 Å². The highest BCUT2D eigenvalue weighted by molar-refractivity contribution is 5.52. The van der Waals surface area contributed by atoms with E-state index < -0.39 is 11.6 Å². The maximum Gasteiger partial charge on any atom is 0.128 e. The Hall–Kier alpha value is -1.90. The average Bonchev–Trinajstić information content (AvgIpc) is 2.32. The molecule has 0 aliphatic rings. The fourth-order valence-corrected chi connectivity index (χ4v) is 1.88. The van der Waals surface area contributed by atoms with Gasteiger partial charge in [-0.2, -0.15) is 0 Å². The summed E-state index contributed by atoms with van der Waals surface area (Å²) in [6.45, 7) is 4.27. The van der Waals surface area contributed by atoms with Gasteiger partial charge >= 0.3 is 0 Å². The van der Waals surface area contributed by atoms with Crippen LogP contribution in [0.4, 0.5) is 14.5 Å². The molecule has 0 bridgehead atoms. The van der Waals surface area contributed by atoms with Crippen molar-refractivity contribution in [2.75, 3.05) is 5.32 Å². The number of hydrogen-bond acceptors (Lipinski definition) is 1. The quantitative estimate of drug-likeness (QED) is 0.857. The van der Waals surface area contributed by atoms with Gasteiger partial charge in [0.1, 0.15) is 11.6 Å². The zero-order valence-corrected chi connectivity index (χ0v) is 10.4. The van der Waals surface area contributed by atoms with Crippen molar-refractivity contribution >= 4 is 5.69 Å². The van der Waals surface area contributed by atoms with E-state index in [1.807, 2.05) is 32.0 Å². The van der Waals surface area contributed by atoms with E-state index in [2.05, 4.69) is 5.32 Å². The van der Waals surface area contributed by atoms with Gasteiger partial charge in [-0.25, -0.2) is 8.78 Å². The minimum atomic E-state index is -0.422. The number of anilines is 1. The van der Waals surface area contributed by atoms with Gasteiger partial charge in [-0.15, -0.1) is 0 Å². The molecule has 0 heterocycles. The van der Waals surface area contributed by atoms with Gasteiger partial charge in [-0.3, -0.25) is 0 Å². The SMILES string of the molecule is Cc1ccc(NCc2cc(F)ccc2F)c(C)c1. The number of aryl methyl sites for hydroxylation is 2. The number of nitrogens with one attached hydrogen (secondary N) is 1. The Morgan fingerprint density at radius 2 is 1.78 bits per heavy atom. The summed E-state index contributed by atoms with van der Waals surface area (Å²) < 4.78 is 26.4. The molecule has 0 fully saturated rings. The van der Waals surface area contributed by atoms with Crippen molar-refractivity contribution in [3.05, 3.63) is 64.7 Å². The monoisotopic (exact) mass is 247 g/mol. The summed E-state index contributed by atoms with van der Waals surface area (Å²) in [5.41, 5.74) is 3.53. The third-order valence-electron chi connectivity index (χ3n) is 2.86. The third kappa shape index (κ3) is 2.86. The topological polar surface area (TPSA) is 12.0 Å². The molecule has 0 saturated carbocycles. The zero-order chi connectivity index (χ0) is 13.1. The summed E-state index contributed by atoms with van der Waals surface area (Å²) in [4.78, 5) is 0. The Morgan fingerprint density at radius 3 is 2.50 bits per heavy atom. The fourth-order valence-electron chi connectivity index (χ4n) is 1.88. The highest BCUT2D eigenvalue weighted by Gasteiger charge is 2.04. The molecule has 0 spiro atoms. The first-order chi connectivity index (χ1) is 8.56. The fraction of sp³-hybridized carbons (Fsp3) is 0.200. The lowest BCUT2D eigenvalue weighted by molar-refractivity contribution is 0.587. The number of benzene rings is 2. The highest BCUT2D eigenvalue weighted by atomic mass is 19.1. The van der Waals surface area contributed by atoms with Crippen molar-refractivity contribution in [1.29, 1.82) is 0 Å². The first-order valence-electron chi connectivity index (χ1n) is 5.81. The van der Waals surface area contributed by atoms with E-state index in [0.717, 1.165) is 23.4 Å². The molecule has 0 unspecified atom stereocenters. The molecule has 1 nitrogen and oxygen atoms in total. The Bertz CT molecular complexity index is 564. The van der Waals surface area contributed by atoms with Crippen LogP contribution in [0.1, 0.15) is 16.7 Å². The molecule has 3 heteroatoms. The molecule has 2 rings (SSSR count). The molecule has 0 aliphatic carbocycles. The summed E-state index contributed by atoms with van der Waals surface area (Å²) in [5, 5.41) is 3.12. The molecular formula is C15H15F2N.